The second-order valence-corrected chi connectivity index (χ2v) is 15.1. The molecule has 1 saturated heterocycles. The van der Waals surface area contributed by atoms with Crippen molar-refractivity contribution in [3.8, 4) is 0 Å². The van der Waals surface area contributed by atoms with E-state index in [2.05, 4.69) is 9.80 Å². The lowest BCUT2D eigenvalue weighted by molar-refractivity contribution is 0.00781. The Morgan fingerprint density at radius 2 is 0.711 bits per heavy atom. The van der Waals surface area contributed by atoms with E-state index in [0.717, 1.165) is 64.2 Å². The lowest BCUT2D eigenvalue weighted by Gasteiger charge is -2.27. The Morgan fingerprint density at radius 3 is 0.947 bits per heavy atom. The Balaban J connectivity index is 2.46. The highest BCUT2D eigenvalue weighted by atomic mass is 28.4. The van der Waals surface area contributed by atoms with Crippen molar-refractivity contribution in [2.24, 2.45) is 0 Å². The smallest absolute Gasteiger partial charge is 0.378 e. The summed E-state index contributed by atoms with van der Waals surface area (Å²) < 4.78 is 56.6. The van der Waals surface area contributed by atoms with Crippen molar-refractivity contribution in [2.45, 2.75) is 24.9 Å². The van der Waals surface area contributed by atoms with Crippen LogP contribution in [0.4, 0.5) is 0 Å². The molecule has 0 saturated carbocycles. The topological polar surface area (TPSA) is 98.8 Å². The van der Waals surface area contributed by atoms with Gasteiger partial charge in [-0.15, -0.1) is 0 Å². The number of rotatable bonds is 14. The first-order valence-corrected chi connectivity index (χ1v) is 17.5. The van der Waals surface area contributed by atoms with Gasteiger partial charge < -0.3 is 45.5 Å². The van der Waals surface area contributed by atoms with Gasteiger partial charge in [-0.1, -0.05) is 0 Å². The maximum Gasteiger partial charge on any atom is 0.500 e. The average Bonchev–Trinajstić information content (AvgIpc) is 2.95. The molecule has 1 fully saturated rings. The summed E-state index contributed by atoms with van der Waals surface area (Å²) in [6, 6.07) is 1.53. The highest BCUT2D eigenvalue weighted by Gasteiger charge is 2.37. The van der Waals surface area contributed by atoms with Crippen LogP contribution in [0.5, 0.6) is 0 Å². The van der Waals surface area contributed by atoms with E-state index < -0.39 is 17.6 Å². The van der Waals surface area contributed by atoms with Gasteiger partial charge in [0.25, 0.3) is 0 Å². The molecule has 228 valence electrons. The molecule has 0 atom stereocenters. The Kier molecular flexibility index (Phi) is 21.4. The summed E-state index contributed by atoms with van der Waals surface area (Å²) in [7, 11) is 4.79. The van der Waals surface area contributed by atoms with Crippen molar-refractivity contribution in [2.75, 3.05) is 135 Å². The normalized spacial score (nSPS) is 19.7. The third kappa shape index (κ3) is 15.1. The second kappa shape index (κ2) is 22.6. The standard InChI is InChI=1S/C24H54N2O10Si2/c1-27-37(28-2,29-3)23-7-9-25-11-15-33-19-21-35-17-13-26(14-18-36-22-20-34-16-12-25)10-8-24-38(30-4,31-5)32-6/h7-24H2,1-6H3. The van der Waals surface area contributed by atoms with Crippen molar-refractivity contribution in [1.29, 1.82) is 0 Å². The lowest BCUT2D eigenvalue weighted by atomic mass is 10.4. The van der Waals surface area contributed by atoms with E-state index in [9.17, 15) is 0 Å². The third-order valence-electron chi connectivity index (χ3n) is 6.73. The van der Waals surface area contributed by atoms with Gasteiger partial charge in [0.15, 0.2) is 0 Å². The molecule has 0 aromatic carbocycles. The molecule has 0 aliphatic carbocycles. The fraction of sp³-hybridized carbons (Fsp3) is 1.00. The predicted octanol–water partition coefficient (Wildman–Crippen LogP) is 1.21. The largest absolute Gasteiger partial charge is 0.500 e. The molecule has 1 rings (SSSR count). The maximum absolute atomic E-state index is 5.84. The van der Waals surface area contributed by atoms with E-state index >= 15 is 0 Å². The molecule has 0 spiro atoms. The molecule has 12 nitrogen and oxygen atoms in total. The Bertz CT molecular complexity index is 466. The fourth-order valence-corrected chi connectivity index (χ4v) is 7.65. The zero-order valence-corrected chi connectivity index (χ0v) is 26.7. The summed E-state index contributed by atoms with van der Waals surface area (Å²) in [4.78, 5) is 4.69. The minimum atomic E-state index is -2.56. The Morgan fingerprint density at radius 1 is 0.447 bits per heavy atom. The van der Waals surface area contributed by atoms with Crippen LogP contribution in [-0.4, -0.2) is 162 Å². The molecule has 0 radical (unpaired) electrons. The summed E-state index contributed by atoms with van der Waals surface area (Å²) in [5.74, 6) is 0. The minimum Gasteiger partial charge on any atom is -0.378 e. The second-order valence-electron chi connectivity index (χ2n) is 8.93. The van der Waals surface area contributed by atoms with Gasteiger partial charge in [-0.25, -0.2) is 0 Å². The first-order valence-electron chi connectivity index (χ1n) is 13.6. The van der Waals surface area contributed by atoms with Gasteiger partial charge in [-0.2, -0.15) is 0 Å². The molecule has 1 aliphatic rings. The molecule has 0 bridgehead atoms. The van der Waals surface area contributed by atoms with Gasteiger partial charge in [0.05, 0.1) is 52.9 Å². The Labute approximate surface area is 232 Å². The van der Waals surface area contributed by atoms with Crippen LogP contribution in [0.3, 0.4) is 0 Å². The van der Waals surface area contributed by atoms with Crippen molar-refractivity contribution >= 4 is 17.6 Å². The molecular formula is C24H54N2O10Si2. The quantitative estimate of drug-likeness (QED) is 0.274. The maximum atomic E-state index is 5.84. The van der Waals surface area contributed by atoms with Gasteiger partial charge in [0.2, 0.25) is 0 Å². The monoisotopic (exact) mass is 586 g/mol. The molecule has 1 heterocycles. The summed E-state index contributed by atoms with van der Waals surface area (Å²) in [5, 5.41) is 0. The van der Waals surface area contributed by atoms with E-state index in [0.29, 0.717) is 52.9 Å². The molecular weight excluding hydrogens is 532 g/mol. The molecule has 0 amide bonds. The summed E-state index contributed by atoms with van der Waals surface area (Å²) in [6.07, 6.45) is 1.83. The van der Waals surface area contributed by atoms with Crippen LogP contribution in [-0.2, 0) is 45.5 Å². The zero-order valence-electron chi connectivity index (χ0n) is 24.7. The average molecular weight is 587 g/mol. The van der Waals surface area contributed by atoms with Crippen LogP contribution >= 0.6 is 0 Å². The number of ether oxygens (including phenoxy) is 4. The van der Waals surface area contributed by atoms with Gasteiger partial charge >= 0.3 is 17.6 Å². The van der Waals surface area contributed by atoms with Crippen LogP contribution in [0.15, 0.2) is 0 Å². The molecule has 14 heteroatoms. The highest BCUT2D eigenvalue weighted by molar-refractivity contribution is 6.60. The summed E-state index contributed by atoms with van der Waals surface area (Å²) in [5.41, 5.74) is 0. The van der Waals surface area contributed by atoms with Crippen molar-refractivity contribution < 1.29 is 45.5 Å². The number of hydrogen-bond acceptors (Lipinski definition) is 12. The molecule has 0 N–H and O–H groups in total. The SMILES string of the molecule is CO[Si](CCCN1CCOCCOCCN(CCC[Si](OC)(OC)OC)CCOCCOCC1)(OC)OC. The van der Waals surface area contributed by atoms with Crippen molar-refractivity contribution in [3.05, 3.63) is 0 Å². The van der Waals surface area contributed by atoms with Crippen LogP contribution in [0.1, 0.15) is 12.8 Å². The number of nitrogens with zero attached hydrogens (tertiary/aromatic N) is 2. The summed E-state index contributed by atoms with van der Waals surface area (Å²) in [6.45, 7) is 9.95. The highest BCUT2D eigenvalue weighted by Crippen LogP contribution is 2.16. The lowest BCUT2D eigenvalue weighted by Crippen LogP contribution is -2.43. The number of hydrogen-bond donors (Lipinski definition) is 0. The van der Waals surface area contributed by atoms with Gasteiger partial charge in [-0.3, -0.25) is 9.80 Å². The van der Waals surface area contributed by atoms with Gasteiger partial charge in [0.1, 0.15) is 0 Å². The zero-order chi connectivity index (χ0) is 28.0. The van der Waals surface area contributed by atoms with Crippen LogP contribution in [0.2, 0.25) is 12.1 Å². The first kappa shape index (κ1) is 36.0. The van der Waals surface area contributed by atoms with Crippen LogP contribution < -0.4 is 0 Å². The molecule has 1 aliphatic heterocycles. The van der Waals surface area contributed by atoms with Crippen molar-refractivity contribution in [1.82, 2.24) is 9.80 Å². The molecule has 0 aromatic heterocycles. The third-order valence-corrected chi connectivity index (χ3v) is 12.4. The fourth-order valence-electron chi connectivity index (χ4n) is 4.24. The van der Waals surface area contributed by atoms with E-state index in [1.807, 2.05) is 0 Å². The summed E-state index contributed by atoms with van der Waals surface area (Å²) >= 11 is 0. The van der Waals surface area contributed by atoms with E-state index in [4.69, 9.17) is 45.5 Å². The van der Waals surface area contributed by atoms with Crippen molar-refractivity contribution in [3.63, 3.8) is 0 Å². The van der Waals surface area contributed by atoms with Gasteiger partial charge in [0, 0.05) is 80.9 Å². The minimum absolute atomic E-state index is 0.574. The van der Waals surface area contributed by atoms with Crippen LogP contribution in [0.25, 0.3) is 0 Å². The predicted molar refractivity (Wildman–Crippen MR) is 149 cm³/mol. The molecule has 0 unspecified atom stereocenters. The first-order chi connectivity index (χ1) is 18.5. The van der Waals surface area contributed by atoms with E-state index in [-0.39, 0.29) is 0 Å². The molecule has 0 aromatic rings. The van der Waals surface area contributed by atoms with E-state index in [1.54, 1.807) is 42.7 Å². The van der Waals surface area contributed by atoms with Gasteiger partial charge in [-0.05, 0) is 25.9 Å². The van der Waals surface area contributed by atoms with E-state index in [1.165, 1.54) is 0 Å². The molecule has 38 heavy (non-hydrogen) atoms. The van der Waals surface area contributed by atoms with Crippen LogP contribution in [0, 0.1) is 0 Å². The Hall–Kier alpha value is -0.0462.